The van der Waals surface area contributed by atoms with Crippen LogP contribution in [0.25, 0.3) is 0 Å². The van der Waals surface area contributed by atoms with Gasteiger partial charge in [0.25, 0.3) is 0 Å². The van der Waals surface area contributed by atoms with E-state index in [0.29, 0.717) is 0 Å². The first kappa shape index (κ1) is 16.4. The molecule has 1 aromatic rings. The molecule has 0 nitrogen and oxygen atoms in total. The molecule has 1 unspecified atom stereocenters. The predicted octanol–water partition coefficient (Wildman–Crippen LogP) is 5.16. The van der Waals surface area contributed by atoms with Gasteiger partial charge < -0.3 is 0 Å². The summed E-state index contributed by atoms with van der Waals surface area (Å²) in [4.78, 5) is 0. The summed E-state index contributed by atoms with van der Waals surface area (Å²) in [5, 5.41) is 1.38. The minimum absolute atomic E-state index is 0.0946. The summed E-state index contributed by atoms with van der Waals surface area (Å²) in [7, 11) is -1.87. The van der Waals surface area contributed by atoms with Crippen molar-refractivity contribution in [2.24, 2.45) is 0 Å². The first-order valence-corrected chi connectivity index (χ1v) is 11.7. The Labute approximate surface area is 144 Å². The van der Waals surface area contributed by atoms with Crippen molar-refractivity contribution >= 4 is 24.2 Å². The molecule has 0 radical (unpaired) electrons. The fourth-order valence-electron chi connectivity index (χ4n) is 4.79. The third-order valence-electron chi connectivity index (χ3n) is 5.74. The quantitative estimate of drug-likeness (QED) is 0.359. The van der Waals surface area contributed by atoms with E-state index in [2.05, 4.69) is 19.2 Å². The zero-order valence-electron chi connectivity index (χ0n) is 12.3. The first-order valence-electron chi connectivity index (χ1n) is 8.16. The topological polar surface area (TPSA) is 0 Å². The van der Waals surface area contributed by atoms with Crippen molar-refractivity contribution in [1.29, 1.82) is 0 Å². The van der Waals surface area contributed by atoms with Gasteiger partial charge in [-0.15, -0.1) is 0 Å². The summed E-state index contributed by atoms with van der Waals surface area (Å²) < 4.78 is 13.5. The zero-order chi connectivity index (χ0) is 14.9. The van der Waals surface area contributed by atoms with Crippen molar-refractivity contribution in [3.05, 3.63) is 30.1 Å². The van der Waals surface area contributed by atoms with Gasteiger partial charge in [0.1, 0.15) is 0 Å². The summed E-state index contributed by atoms with van der Waals surface area (Å²) in [6.45, 7) is 0. The molecule has 1 atom stereocenters. The number of halogens is 2. The number of hydrogen-bond acceptors (Lipinski definition) is 0. The minimum atomic E-state index is -1.87. The number of rotatable bonds is 4. The third-order valence-corrected chi connectivity index (χ3v) is 14.9. The Bertz CT molecular complexity index is 448. The Morgan fingerprint density at radius 1 is 0.952 bits per heavy atom. The van der Waals surface area contributed by atoms with Gasteiger partial charge in [0.2, 0.25) is 0 Å². The van der Waals surface area contributed by atoms with E-state index < -0.39 is 7.26 Å². The average Bonchev–Trinajstić information content (AvgIpc) is 3.15. The van der Waals surface area contributed by atoms with Crippen LogP contribution >= 0.6 is 18.9 Å². The van der Waals surface area contributed by atoms with Crippen LogP contribution in [-0.2, 0) is 19.2 Å². The van der Waals surface area contributed by atoms with Crippen LogP contribution in [0.2, 0.25) is 0 Å². The Morgan fingerprint density at radius 2 is 1.38 bits per heavy atom. The second-order valence-corrected chi connectivity index (χ2v) is 14.3. The summed E-state index contributed by atoms with van der Waals surface area (Å²) in [6.07, 6.45) is 10.6. The standard InChI is InChI=1S/C17H24ClFP.Pd/c18-13-20(15-5-1-2-6-15,16-7-3-4-8-16)17-11-9-14(19)10-12-17;/h9-13,15-16,20H,1-8H2;. The molecule has 0 aromatic heterocycles. The second kappa shape index (κ2) is 6.97. The molecule has 0 spiro atoms. The van der Waals surface area contributed by atoms with Crippen LogP contribution in [0.3, 0.4) is 0 Å². The Balaban J connectivity index is 2.08. The van der Waals surface area contributed by atoms with Gasteiger partial charge in [0, 0.05) is 0 Å². The van der Waals surface area contributed by atoms with Crippen molar-refractivity contribution in [3.63, 3.8) is 0 Å². The maximum atomic E-state index is 13.4. The molecule has 1 aromatic carbocycles. The van der Waals surface area contributed by atoms with E-state index in [-0.39, 0.29) is 9.41 Å². The molecule has 2 fully saturated rings. The van der Waals surface area contributed by atoms with Crippen molar-refractivity contribution in [2.75, 3.05) is 0 Å². The molecule has 0 N–H and O–H groups in total. The molecule has 3 rings (SSSR count). The van der Waals surface area contributed by atoms with Crippen LogP contribution < -0.4 is 5.30 Å². The summed E-state index contributed by atoms with van der Waals surface area (Å²) in [6, 6.07) is 7.36. The molecule has 21 heavy (non-hydrogen) atoms. The Kier molecular flexibility index (Phi) is 5.44. The molecule has 2 aliphatic rings. The molecule has 0 saturated heterocycles. The summed E-state index contributed by atoms with van der Waals surface area (Å²) >= 11 is 10.3. The van der Waals surface area contributed by atoms with Crippen molar-refractivity contribution in [2.45, 2.75) is 66.3 Å². The molecule has 0 amide bonds. The van der Waals surface area contributed by atoms with Crippen LogP contribution in [0.4, 0.5) is 4.39 Å². The van der Waals surface area contributed by atoms with E-state index in [1.165, 1.54) is 56.7 Å². The zero-order valence-corrected chi connectivity index (χ0v) is 15.6. The third kappa shape index (κ3) is 2.99. The molecule has 0 aliphatic heterocycles. The summed E-state index contributed by atoms with van der Waals surface area (Å²) in [5.74, 6) is -0.136. The second-order valence-electron chi connectivity index (χ2n) is 6.67. The molecular formula is C17H24ClFPPd. The van der Waals surface area contributed by atoms with Gasteiger partial charge in [-0.2, -0.15) is 0 Å². The van der Waals surface area contributed by atoms with Gasteiger partial charge in [-0.25, -0.2) is 0 Å². The number of hydrogen-bond donors (Lipinski definition) is 0. The summed E-state index contributed by atoms with van der Waals surface area (Å²) in [5.41, 5.74) is 1.53. The van der Waals surface area contributed by atoms with E-state index in [9.17, 15) is 4.39 Å². The van der Waals surface area contributed by atoms with Gasteiger partial charge in [-0.05, 0) is 0 Å². The monoisotopic (exact) mass is 419 g/mol. The van der Waals surface area contributed by atoms with Gasteiger partial charge in [0.05, 0.1) is 0 Å². The molecule has 2 aliphatic carbocycles. The maximum absolute atomic E-state index is 13.4. The van der Waals surface area contributed by atoms with E-state index in [1.54, 1.807) is 12.1 Å². The van der Waals surface area contributed by atoms with Crippen LogP contribution in [0.5, 0.6) is 0 Å². The van der Waals surface area contributed by atoms with Gasteiger partial charge in [-0.1, -0.05) is 0 Å². The van der Waals surface area contributed by atoms with Crippen LogP contribution in [-0.4, -0.2) is 14.9 Å². The number of benzene rings is 1. The Hall–Kier alpha value is 0.532. The molecular weight excluding hydrogens is 396 g/mol. The fourth-order valence-corrected chi connectivity index (χ4v) is 15.2. The fraction of sp³-hybridized carbons (Fsp3) is 0.647. The van der Waals surface area contributed by atoms with E-state index >= 15 is 0 Å². The molecule has 4 heteroatoms. The van der Waals surface area contributed by atoms with E-state index in [1.807, 2.05) is 12.1 Å². The normalized spacial score (nSPS) is 23.6. The van der Waals surface area contributed by atoms with Gasteiger partial charge >= 0.3 is 144 Å². The van der Waals surface area contributed by atoms with Crippen molar-refractivity contribution in [3.8, 4) is 0 Å². The molecule has 2 saturated carbocycles. The molecule has 121 valence electrons. The predicted molar refractivity (Wildman–Crippen MR) is 88.5 cm³/mol. The Morgan fingerprint density at radius 3 is 1.76 bits per heavy atom. The van der Waals surface area contributed by atoms with Crippen LogP contribution in [0.15, 0.2) is 24.3 Å². The van der Waals surface area contributed by atoms with Crippen LogP contribution in [0, 0.1) is 5.82 Å². The number of alkyl halides is 1. The van der Waals surface area contributed by atoms with Crippen LogP contribution in [0.1, 0.15) is 51.4 Å². The van der Waals surface area contributed by atoms with E-state index in [4.69, 9.17) is 11.6 Å². The average molecular weight is 420 g/mol. The molecule has 0 heterocycles. The van der Waals surface area contributed by atoms with Gasteiger partial charge in [0.15, 0.2) is 0 Å². The van der Waals surface area contributed by atoms with Crippen molar-refractivity contribution in [1.82, 2.24) is 0 Å². The first-order chi connectivity index (χ1) is 10.2. The molecule has 0 bridgehead atoms. The van der Waals surface area contributed by atoms with Gasteiger partial charge in [-0.3, -0.25) is 0 Å². The van der Waals surface area contributed by atoms with E-state index in [0.717, 1.165) is 11.3 Å². The SMILES string of the molecule is Fc1ccc([PH]([CH](Cl)[Pd])(C2CCCC2)C2CCCC2)cc1. The van der Waals surface area contributed by atoms with Crippen molar-refractivity contribution < 1.29 is 23.6 Å².